The lowest BCUT2D eigenvalue weighted by Gasteiger charge is -2.19. The number of nitriles is 1. The number of nitrogens with one attached hydrogen (secondary N) is 1. The van der Waals surface area contributed by atoms with E-state index >= 15 is 0 Å². The lowest BCUT2D eigenvalue weighted by molar-refractivity contribution is -0.117. The third kappa shape index (κ3) is 5.11. The van der Waals surface area contributed by atoms with Crippen LogP contribution in [0.1, 0.15) is 11.1 Å². The molecule has 164 valence electrons. The highest BCUT2D eigenvalue weighted by Gasteiger charge is 2.40. The van der Waals surface area contributed by atoms with E-state index in [1.165, 1.54) is 16.7 Å². The van der Waals surface area contributed by atoms with Gasteiger partial charge < -0.3 is 5.32 Å². The average Bonchev–Trinajstić information content (AvgIpc) is 3.11. The summed E-state index contributed by atoms with van der Waals surface area (Å²) in [6, 6.07) is 25.7. The molecule has 0 aromatic heterocycles. The van der Waals surface area contributed by atoms with Gasteiger partial charge in [0.05, 0.1) is 5.25 Å². The first kappa shape index (κ1) is 22.7. The maximum absolute atomic E-state index is 13.5. The molecule has 1 fully saturated rings. The van der Waals surface area contributed by atoms with Crippen LogP contribution in [0.15, 0.2) is 89.5 Å². The van der Waals surface area contributed by atoms with E-state index in [-0.39, 0.29) is 11.5 Å². The van der Waals surface area contributed by atoms with Crippen LogP contribution in [0.4, 0.5) is 11.4 Å². The number of halogens is 1. The van der Waals surface area contributed by atoms with Crippen molar-refractivity contribution >= 4 is 46.6 Å². The van der Waals surface area contributed by atoms with Gasteiger partial charge in [-0.05, 0) is 55.3 Å². The van der Waals surface area contributed by atoms with E-state index in [0.29, 0.717) is 27.8 Å². The van der Waals surface area contributed by atoms with E-state index in [9.17, 15) is 14.9 Å². The molecular formula is C26H20ClN3O2S. The summed E-state index contributed by atoms with van der Waals surface area (Å²) in [5.41, 5.74) is 3.03. The molecule has 0 aliphatic carbocycles. The molecule has 3 aromatic rings. The second-order valence-electron chi connectivity index (χ2n) is 7.56. The summed E-state index contributed by atoms with van der Waals surface area (Å²) in [6.45, 7) is 1.96. The summed E-state index contributed by atoms with van der Waals surface area (Å²) in [5.74, 6) is -0.737. The Morgan fingerprint density at radius 3 is 2.48 bits per heavy atom. The van der Waals surface area contributed by atoms with Crippen LogP contribution < -0.4 is 10.2 Å². The fourth-order valence-electron chi connectivity index (χ4n) is 3.51. The molecule has 0 spiro atoms. The van der Waals surface area contributed by atoms with Gasteiger partial charge in [-0.2, -0.15) is 5.26 Å². The van der Waals surface area contributed by atoms with E-state index < -0.39 is 11.2 Å². The van der Waals surface area contributed by atoms with Gasteiger partial charge in [0.2, 0.25) is 5.91 Å². The summed E-state index contributed by atoms with van der Waals surface area (Å²) in [5, 5.41) is 13.1. The molecule has 0 bridgehead atoms. The van der Waals surface area contributed by atoms with Crippen LogP contribution in [-0.4, -0.2) is 17.1 Å². The number of anilines is 2. The number of carbonyl (C=O) groups excluding carboxylic acids is 2. The molecule has 33 heavy (non-hydrogen) atoms. The molecule has 3 aromatic carbocycles. The van der Waals surface area contributed by atoms with Crippen molar-refractivity contribution in [1.29, 1.82) is 5.26 Å². The first-order valence-electron chi connectivity index (χ1n) is 10.3. The Morgan fingerprint density at radius 1 is 1.09 bits per heavy atom. The number of benzene rings is 3. The third-order valence-electron chi connectivity index (χ3n) is 5.14. The zero-order chi connectivity index (χ0) is 23.4. The molecule has 1 saturated heterocycles. The topological polar surface area (TPSA) is 73.2 Å². The summed E-state index contributed by atoms with van der Waals surface area (Å²) >= 11 is 7.35. The van der Waals surface area contributed by atoms with Crippen LogP contribution in [-0.2, 0) is 16.0 Å². The SMILES string of the molecule is Cc1ccc(N2C(=O)C(Cc3cccc(Cl)c3)SC2=C(C#N)C(=O)Nc2ccccc2)cc1. The second-order valence-corrected chi connectivity index (χ2v) is 9.19. The Bertz CT molecular complexity index is 1270. The molecule has 0 radical (unpaired) electrons. The van der Waals surface area contributed by atoms with Crippen molar-refractivity contribution < 1.29 is 9.59 Å². The number of rotatable bonds is 5. The summed E-state index contributed by atoms with van der Waals surface area (Å²) in [4.78, 5) is 28.0. The van der Waals surface area contributed by atoms with Gasteiger partial charge in [0.25, 0.3) is 5.91 Å². The highest BCUT2D eigenvalue weighted by atomic mass is 35.5. The average molecular weight is 474 g/mol. The zero-order valence-electron chi connectivity index (χ0n) is 17.8. The van der Waals surface area contributed by atoms with E-state index in [0.717, 1.165) is 11.1 Å². The number of thioether (sulfide) groups is 1. The molecular weight excluding hydrogens is 454 g/mol. The third-order valence-corrected chi connectivity index (χ3v) is 6.64. The van der Waals surface area contributed by atoms with Gasteiger partial charge in [-0.3, -0.25) is 14.5 Å². The van der Waals surface area contributed by atoms with Gasteiger partial charge in [0.15, 0.2) is 0 Å². The summed E-state index contributed by atoms with van der Waals surface area (Å²) in [7, 11) is 0. The van der Waals surface area contributed by atoms with Gasteiger partial charge in [-0.1, -0.05) is 71.4 Å². The van der Waals surface area contributed by atoms with Crippen LogP contribution in [0.2, 0.25) is 5.02 Å². The Balaban J connectivity index is 1.73. The molecule has 5 nitrogen and oxygen atoms in total. The largest absolute Gasteiger partial charge is 0.321 e. The van der Waals surface area contributed by atoms with Crippen LogP contribution in [0.3, 0.4) is 0 Å². The first-order chi connectivity index (χ1) is 16.0. The summed E-state index contributed by atoms with van der Waals surface area (Å²) in [6.07, 6.45) is 0.426. The highest BCUT2D eigenvalue weighted by molar-refractivity contribution is 8.05. The Labute approximate surface area is 201 Å². The monoisotopic (exact) mass is 473 g/mol. The van der Waals surface area contributed by atoms with Crippen LogP contribution >= 0.6 is 23.4 Å². The molecule has 1 N–H and O–H groups in total. The van der Waals surface area contributed by atoms with E-state index in [1.54, 1.807) is 30.3 Å². The van der Waals surface area contributed by atoms with E-state index in [4.69, 9.17) is 11.6 Å². The molecule has 4 rings (SSSR count). The lowest BCUT2D eigenvalue weighted by atomic mass is 10.1. The molecule has 0 saturated carbocycles. The maximum Gasteiger partial charge on any atom is 0.269 e. The quantitative estimate of drug-likeness (QED) is 0.380. The number of amides is 2. The smallest absolute Gasteiger partial charge is 0.269 e. The minimum atomic E-state index is -0.556. The number of para-hydroxylation sites is 1. The highest BCUT2D eigenvalue weighted by Crippen LogP contribution is 2.42. The van der Waals surface area contributed by atoms with Crippen LogP contribution in [0.25, 0.3) is 0 Å². The predicted molar refractivity (Wildman–Crippen MR) is 133 cm³/mol. The molecule has 2 amide bonds. The molecule has 1 aliphatic rings. The number of aryl methyl sites for hydroxylation is 1. The van der Waals surface area contributed by atoms with Gasteiger partial charge in [-0.25, -0.2) is 0 Å². The maximum atomic E-state index is 13.5. The predicted octanol–water partition coefficient (Wildman–Crippen LogP) is 5.71. The van der Waals surface area contributed by atoms with Crippen molar-refractivity contribution in [3.8, 4) is 6.07 Å². The molecule has 1 unspecified atom stereocenters. The lowest BCUT2D eigenvalue weighted by Crippen LogP contribution is -2.30. The normalized spacial score (nSPS) is 16.9. The number of hydrogen-bond donors (Lipinski definition) is 1. The standard InChI is InChI=1S/C26H20ClN3O2S/c1-17-10-12-21(13-11-17)30-25(32)23(15-18-6-5-7-19(27)14-18)33-26(30)22(16-28)24(31)29-20-8-3-2-4-9-20/h2-14,23H,15H2,1H3,(H,29,31). The molecule has 1 aliphatic heterocycles. The van der Waals surface area contributed by atoms with Crippen LogP contribution in [0, 0.1) is 18.3 Å². The van der Waals surface area contributed by atoms with Crippen LogP contribution in [0.5, 0.6) is 0 Å². The summed E-state index contributed by atoms with van der Waals surface area (Å²) < 4.78 is 0. The first-order valence-corrected chi connectivity index (χ1v) is 11.5. The fourth-order valence-corrected chi connectivity index (χ4v) is 5.03. The number of hydrogen-bond acceptors (Lipinski definition) is 4. The molecule has 7 heteroatoms. The number of nitrogens with zero attached hydrogens (tertiary/aromatic N) is 2. The van der Waals surface area contributed by atoms with E-state index in [2.05, 4.69) is 5.32 Å². The number of carbonyl (C=O) groups is 2. The Morgan fingerprint density at radius 2 is 1.82 bits per heavy atom. The van der Waals surface area contributed by atoms with Gasteiger partial charge in [-0.15, -0.1) is 0 Å². The molecule has 1 heterocycles. The zero-order valence-corrected chi connectivity index (χ0v) is 19.4. The minimum absolute atomic E-state index is 0.105. The van der Waals surface area contributed by atoms with Crippen molar-refractivity contribution in [2.75, 3.05) is 10.2 Å². The van der Waals surface area contributed by atoms with Gasteiger partial charge in [0.1, 0.15) is 16.7 Å². The van der Waals surface area contributed by atoms with Gasteiger partial charge >= 0.3 is 0 Å². The van der Waals surface area contributed by atoms with Crippen molar-refractivity contribution in [1.82, 2.24) is 0 Å². The Hall–Kier alpha value is -3.53. The Kier molecular flexibility index (Phi) is 6.83. The van der Waals surface area contributed by atoms with Crippen molar-refractivity contribution in [3.63, 3.8) is 0 Å². The fraction of sp³-hybridized carbons (Fsp3) is 0.115. The van der Waals surface area contributed by atoms with E-state index in [1.807, 2.05) is 61.5 Å². The minimum Gasteiger partial charge on any atom is -0.321 e. The van der Waals surface area contributed by atoms with Crippen molar-refractivity contribution in [3.05, 3.63) is 106 Å². The van der Waals surface area contributed by atoms with Gasteiger partial charge in [0, 0.05) is 16.4 Å². The second kappa shape index (κ2) is 9.95. The van der Waals surface area contributed by atoms with Crippen molar-refractivity contribution in [2.45, 2.75) is 18.6 Å². The van der Waals surface area contributed by atoms with Crippen molar-refractivity contribution in [2.24, 2.45) is 0 Å². The molecule has 1 atom stereocenters.